The van der Waals surface area contributed by atoms with Crippen LogP contribution < -0.4 is 10.6 Å². The lowest BCUT2D eigenvalue weighted by atomic mass is 10.1. The van der Waals surface area contributed by atoms with Gasteiger partial charge in [0.05, 0.1) is 0 Å². The standard InChI is InChI=1S/C16H17ClN2O/c1-11-4-3-5-13(8-11)10-18-16(20)19-15-7-6-14(17)9-12(15)2/h3-9H,10H2,1-2H3,(H2,18,19,20). The SMILES string of the molecule is Cc1cccc(CNC(=O)Nc2ccc(Cl)cc2C)c1. The van der Waals surface area contributed by atoms with Crippen molar-refractivity contribution >= 4 is 23.3 Å². The van der Waals surface area contributed by atoms with Crippen molar-refractivity contribution in [2.45, 2.75) is 20.4 Å². The van der Waals surface area contributed by atoms with E-state index in [2.05, 4.69) is 10.6 Å². The van der Waals surface area contributed by atoms with Crippen LogP contribution in [0.15, 0.2) is 42.5 Å². The average molecular weight is 289 g/mol. The topological polar surface area (TPSA) is 41.1 Å². The second kappa shape index (κ2) is 6.44. The van der Waals surface area contributed by atoms with Crippen LogP contribution in [-0.2, 0) is 6.54 Å². The van der Waals surface area contributed by atoms with E-state index in [1.165, 1.54) is 5.56 Å². The summed E-state index contributed by atoms with van der Waals surface area (Å²) in [6.07, 6.45) is 0. The number of carbonyl (C=O) groups is 1. The molecule has 0 aliphatic heterocycles. The quantitative estimate of drug-likeness (QED) is 0.869. The van der Waals surface area contributed by atoms with Crippen molar-refractivity contribution < 1.29 is 4.79 Å². The van der Waals surface area contributed by atoms with Crippen LogP contribution in [0, 0.1) is 13.8 Å². The maximum absolute atomic E-state index is 11.9. The molecule has 2 aromatic carbocycles. The molecule has 0 radical (unpaired) electrons. The molecule has 20 heavy (non-hydrogen) atoms. The van der Waals surface area contributed by atoms with Gasteiger partial charge < -0.3 is 10.6 Å². The van der Waals surface area contributed by atoms with Gasteiger partial charge in [-0.05, 0) is 43.2 Å². The molecular formula is C16H17ClN2O. The monoisotopic (exact) mass is 288 g/mol. The van der Waals surface area contributed by atoms with Crippen LogP contribution in [0.25, 0.3) is 0 Å². The number of benzene rings is 2. The highest BCUT2D eigenvalue weighted by molar-refractivity contribution is 6.30. The number of hydrogen-bond acceptors (Lipinski definition) is 1. The van der Waals surface area contributed by atoms with Crippen LogP contribution in [0.4, 0.5) is 10.5 Å². The molecule has 0 aliphatic carbocycles. The van der Waals surface area contributed by atoms with Crippen LogP contribution in [-0.4, -0.2) is 6.03 Å². The molecule has 2 rings (SSSR count). The minimum Gasteiger partial charge on any atom is -0.334 e. The minimum atomic E-state index is -0.225. The summed E-state index contributed by atoms with van der Waals surface area (Å²) < 4.78 is 0. The van der Waals surface area contributed by atoms with E-state index >= 15 is 0 Å². The summed E-state index contributed by atoms with van der Waals surface area (Å²) in [5, 5.41) is 6.31. The summed E-state index contributed by atoms with van der Waals surface area (Å²) in [6.45, 7) is 4.43. The zero-order valence-corrected chi connectivity index (χ0v) is 12.3. The Labute approximate surface area is 124 Å². The first-order valence-corrected chi connectivity index (χ1v) is 6.79. The van der Waals surface area contributed by atoms with E-state index in [1.807, 2.05) is 44.2 Å². The molecular weight excluding hydrogens is 272 g/mol. The van der Waals surface area contributed by atoms with E-state index in [-0.39, 0.29) is 6.03 Å². The Kier molecular flexibility index (Phi) is 4.64. The third-order valence-electron chi connectivity index (χ3n) is 2.97. The molecule has 0 heterocycles. The number of rotatable bonds is 3. The van der Waals surface area contributed by atoms with Crippen LogP contribution >= 0.6 is 11.6 Å². The Morgan fingerprint density at radius 2 is 1.95 bits per heavy atom. The normalized spacial score (nSPS) is 10.2. The number of anilines is 1. The zero-order valence-electron chi connectivity index (χ0n) is 11.5. The van der Waals surface area contributed by atoms with Gasteiger partial charge in [-0.3, -0.25) is 0 Å². The highest BCUT2D eigenvalue weighted by Gasteiger charge is 2.04. The third-order valence-corrected chi connectivity index (χ3v) is 3.21. The van der Waals surface area contributed by atoms with E-state index in [9.17, 15) is 4.79 Å². The fraction of sp³-hybridized carbons (Fsp3) is 0.188. The van der Waals surface area contributed by atoms with Gasteiger partial charge in [-0.15, -0.1) is 0 Å². The second-order valence-electron chi connectivity index (χ2n) is 4.76. The Morgan fingerprint density at radius 1 is 1.15 bits per heavy atom. The molecule has 2 N–H and O–H groups in total. The van der Waals surface area contributed by atoms with E-state index in [0.29, 0.717) is 11.6 Å². The predicted octanol–water partition coefficient (Wildman–Crippen LogP) is 4.28. The summed E-state index contributed by atoms with van der Waals surface area (Å²) in [6, 6.07) is 13.2. The summed E-state index contributed by atoms with van der Waals surface area (Å²) in [4.78, 5) is 11.9. The number of nitrogens with one attached hydrogen (secondary N) is 2. The Morgan fingerprint density at radius 3 is 2.65 bits per heavy atom. The van der Waals surface area contributed by atoms with Gasteiger partial charge in [-0.1, -0.05) is 41.4 Å². The van der Waals surface area contributed by atoms with Crippen molar-refractivity contribution in [3.63, 3.8) is 0 Å². The van der Waals surface area contributed by atoms with Gasteiger partial charge in [0.25, 0.3) is 0 Å². The molecule has 0 fully saturated rings. The Bertz CT molecular complexity index is 626. The molecule has 0 spiro atoms. The lowest BCUT2D eigenvalue weighted by Gasteiger charge is -2.10. The molecule has 0 saturated heterocycles. The molecule has 0 aromatic heterocycles. The van der Waals surface area contributed by atoms with Gasteiger partial charge in [0, 0.05) is 17.3 Å². The van der Waals surface area contributed by atoms with Crippen LogP contribution in [0.2, 0.25) is 5.02 Å². The van der Waals surface area contributed by atoms with Gasteiger partial charge in [0.15, 0.2) is 0 Å². The first-order chi connectivity index (χ1) is 9.54. The highest BCUT2D eigenvalue weighted by Crippen LogP contribution is 2.19. The maximum Gasteiger partial charge on any atom is 0.319 e. The number of amides is 2. The number of hydrogen-bond donors (Lipinski definition) is 2. The molecule has 2 amide bonds. The van der Waals surface area contributed by atoms with Gasteiger partial charge in [0.2, 0.25) is 0 Å². The van der Waals surface area contributed by atoms with Crippen molar-refractivity contribution in [2.24, 2.45) is 0 Å². The van der Waals surface area contributed by atoms with Crippen molar-refractivity contribution in [2.75, 3.05) is 5.32 Å². The average Bonchev–Trinajstić information content (AvgIpc) is 2.40. The lowest BCUT2D eigenvalue weighted by molar-refractivity contribution is 0.251. The van der Waals surface area contributed by atoms with E-state index < -0.39 is 0 Å². The minimum absolute atomic E-state index is 0.225. The van der Waals surface area contributed by atoms with Gasteiger partial charge in [-0.25, -0.2) is 4.79 Å². The molecule has 104 valence electrons. The lowest BCUT2D eigenvalue weighted by Crippen LogP contribution is -2.28. The number of urea groups is 1. The maximum atomic E-state index is 11.9. The summed E-state index contributed by atoms with van der Waals surface area (Å²) in [7, 11) is 0. The van der Waals surface area contributed by atoms with Crippen LogP contribution in [0.3, 0.4) is 0 Å². The summed E-state index contributed by atoms with van der Waals surface area (Å²) in [5.74, 6) is 0. The smallest absolute Gasteiger partial charge is 0.319 e. The first-order valence-electron chi connectivity index (χ1n) is 6.41. The van der Waals surface area contributed by atoms with E-state index in [1.54, 1.807) is 12.1 Å². The highest BCUT2D eigenvalue weighted by atomic mass is 35.5. The molecule has 0 saturated carbocycles. The molecule has 4 heteroatoms. The summed E-state index contributed by atoms with van der Waals surface area (Å²) in [5.41, 5.74) is 3.95. The number of aryl methyl sites for hydroxylation is 2. The third kappa shape index (κ3) is 4.00. The molecule has 0 aliphatic rings. The van der Waals surface area contributed by atoms with Gasteiger partial charge >= 0.3 is 6.03 Å². The fourth-order valence-corrected chi connectivity index (χ4v) is 2.16. The molecule has 3 nitrogen and oxygen atoms in total. The van der Waals surface area contributed by atoms with Crippen molar-refractivity contribution in [3.8, 4) is 0 Å². The Balaban J connectivity index is 1.92. The Hall–Kier alpha value is -2.00. The van der Waals surface area contributed by atoms with Crippen LogP contribution in [0.5, 0.6) is 0 Å². The zero-order chi connectivity index (χ0) is 14.5. The van der Waals surface area contributed by atoms with Crippen molar-refractivity contribution in [1.82, 2.24) is 5.32 Å². The largest absolute Gasteiger partial charge is 0.334 e. The number of halogens is 1. The molecule has 2 aromatic rings. The van der Waals surface area contributed by atoms with E-state index in [0.717, 1.165) is 16.8 Å². The predicted molar refractivity (Wildman–Crippen MR) is 83.2 cm³/mol. The van der Waals surface area contributed by atoms with Crippen molar-refractivity contribution in [1.29, 1.82) is 0 Å². The molecule has 0 atom stereocenters. The fourth-order valence-electron chi connectivity index (χ4n) is 1.94. The first kappa shape index (κ1) is 14.4. The molecule has 0 unspecified atom stereocenters. The molecule has 0 bridgehead atoms. The van der Waals surface area contributed by atoms with Gasteiger partial charge in [-0.2, -0.15) is 0 Å². The van der Waals surface area contributed by atoms with Gasteiger partial charge in [0.1, 0.15) is 0 Å². The van der Waals surface area contributed by atoms with Crippen LogP contribution in [0.1, 0.15) is 16.7 Å². The second-order valence-corrected chi connectivity index (χ2v) is 5.19. The van der Waals surface area contributed by atoms with E-state index in [4.69, 9.17) is 11.6 Å². The number of carbonyl (C=O) groups excluding carboxylic acids is 1. The summed E-state index contributed by atoms with van der Waals surface area (Å²) >= 11 is 5.88. The van der Waals surface area contributed by atoms with Crippen molar-refractivity contribution in [3.05, 3.63) is 64.2 Å².